The summed E-state index contributed by atoms with van der Waals surface area (Å²) in [7, 11) is 8.89. The summed E-state index contributed by atoms with van der Waals surface area (Å²) < 4.78 is 9.11. The number of esters is 2. The predicted molar refractivity (Wildman–Crippen MR) is 72.6 cm³/mol. The minimum Gasteiger partial charge on any atom is -0.465 e. The maximum atomic E-state index is 12.3. The Morgan fingerprint density at radius 1 is 0.750 bits per heavy atom. The van der Waals surface area contributed by atoms with E-state index in [0.717, 1.165) is 14.2 Å². The number of Topliss-reactive ketones (excluding diaryl/α,β-unsaturated/α-hetero) is 1. The Hall–Kier alpha value is -2.31. The summed E-state index contributed by atoms with van der Waals surface area (Å²) in [5, 5.41) is 0. The smallest absolute Gasteiger partial charge is 0.343 e. The van der Waals surface area contributed by atoms with Crippen LogP contribution in [0, 0.1) is 0 Å². The summed E-state index contributed by atoms with van der Waals surface area (Å²) >= 11 is 0. The van der Waals surface area contributed by atoms with E-state index in [1.54, 1.807) is 28.2 Å². The Balaban J connectivity index is 5.72. The summed E-state index contributed by atoms with van der Waals surface area (Å²) in [6, 6.07) is 0. The number of carbonyl (C=O) groups is 3. The Labute approximate surface area is 118 Å². The van der Waals surface area contributed by atoms with Crippen molar-refractivity contribution in [3.63, 3.8) is 0 Å². The topological polar surface area (TPSA) is 76.2 Å². The highest BCUT2D eigenvalue weighted by Gasteiger charge is 2.28. The Morgan fingerprint density at radius 2 is 1.05 bits per heavy atom. The van der Waals surface area contributed by atoms with Gasteiger partial charge in [-0.25, -0.2) is 9.59 Å². The van der Waals surface area contributed by atoms with Crippen molar-refractivity contribution in [2.45, 2.75) is 0 Å². The van der Waals surface area contributed by atoms with Crippen molar-refractivity contribution in [1.29, 1.82) is 0 Å². The van der Waals surface area contributed by atoms with E-state index >= 15 is 0 Å². The minimum atomic E-state index is -0.822. The van der Waals surface area contributed by atoms with Gasteiger partial charge in [0, 0.05) is 40.6 Å². The predicted octanol–water partition coefficient (Wildman–Crippen LogP) is -0.207. The average molecular weight is 284 g/mol. The van der Waals surface area contributed by atoms with Crippen molar-refractivity contribution in [2.75, 3.05) is 42.4 Å². The molecular weight excluding hydrogens is 264 g/mol. The molecule has 0 rings (SSSR count). The second-order valence-electron chi connectivity index (χ2n) is 4.33. The van der Waals surface area contributed by atoms with Gasteiger partial charge in [-0.05, 0) is 0 Å². The Kier molecular flexibility index (Phi) is 7.06. The van der Waals surface area contributed by atoms with E-state index in [2.05, 4.69) is 9.47 Å². The standard InChI is InChI=1S/C13H20N2O5/c1-14(2)7-9(12(17)19-5)11(16)10(8-15(3)4)13(18)20-6/h7-8H,1-6H3/b9-7-,10-8-. The van der Waals surface area contributed by atoms with E-state index in [9.17, 15) is 14.4 Å². The number of hydrogen-bond donors (Lipinski definition) is 0. The molecule has 0 aromatic rings. The van der Waals surface area contributed by atoms with Crippen LogP contribution in [-0.2, 0) is 23.9 Å². The molecule has 0 N–H and O–H groups in total. The van der Waals surface area contributed by atoms with Crippen LogP contribution in [0.1, 0.15) is 0 Å². The van der Waals surface area contributed by atoms with Gasteiger partial charge in [0.25, 0.3) is 0 Å². The summed E-state index contributed by atoms with van der Waals surface area (Å²) in [5.41, 5.74) is -0.507. The number of rotatable bonds is 6. The highest BCUT2D eigenvalue weighted by molar-refractivity contribution is 6.32. The third kappa shape index (κ3) is 5.13. The first-order valence-corrected chi connectivity index (χ1v) is 5.72. The molecule has 0 aliphatic rings. The van der Waals surface area contributed by atoms with Gasteiger partial charge in [-0.2, -0.15) is 0 Å². The molecule has 0 atom stereocenters. The van der Waals surface area contributed by atoms with Gasteiger partial charge in [-0.15, -0.1) is 0 Å². The Morgan fingerprint density at radius 3 is 1.25 bits per heavy atom. The van der Waals surface area contributed by atoms with Crippen LogP contribution in [0.5, 0.6) is 0 Å². The second-order valence-corrected chi connectivity index (χ2v) is 4.33. The highest BCUT2D eigenvalue weighted by Crippen LogP contribution is 2.11. The van der Waals surface area contributed by atoms with Crippen molar-refractivity contribution < 1.29 is 23.9 Å². The van der Waals surface area contributed by atoms with E-state index in [1.807, 2.05) is 0 Å². The second kappa shape index (κ2) is 7.98. The van der Waals surface area contributed by atoms with E-state index < -0.39 is 17.7 Å². The molecule has 0 heterocycles. The molecular formula is C13H20N2O5. The fraction of sp³-hybridized carbons (Fsp3) is 0.462. The first-order chi connectivity index (χ1) is 9.24. The maximum absolute atomic E-state index is 12.3. The van der Waals surface area contributed by atoms with Gasteiger partial charge in [0.2, 0.25) is 5.78 Å². The van der Waals surface area contributed by atoms with Gasteiger partial charge in [0.1, 0.15) is 11.1 Å². The van der Waals surface area contributed by atoms with E-state index in [1.165, 1.54) is 22.2 Å². The molecule has 0 aromatic carbocycles. The molecule has 0 bridgehead atoms. The average Bonchev–Trinajstić information content (AvgIpc) is 2.39. The molecule has 0 fully saturated rings. The monoisotopic (exact) mass is 284 g/mol. The molecule has 0 spiro atoms. The zero-order valence-electron chi connectivity index (χ0n) is 12.6. The summed E-state index contributed by atoms with van der Waals surface area (Å²) in [6.45, 7) is 0. The highest BCUT2D eigenvalue weighted by atomic mass is 16.5. The number of ketones is 1. The SMILES string of the molecule is COC(=O)/C(=C\N(C)C)C(=O)/C(=C/N(C)C)C(=O)OC. The van der Waals surface area contributed by atoms with Crippen LogP contribution >= 0.6 is 0 Å². The molecule has 112 valence electrons. The van der Waals surface area contributed by atoms with Crippen LogP contribution in [0.2, 0.25) is 0 Å². The van der Waals surface area contributed by atoms with Gasteiger partial charge in [0.15, 0.2) is 0 Å². The van der Waals surface area contributed by atoms with Gasteiger partial charge < -0.3 is 19.3 Å². The van der Waals surface area contributed by atoms with E-state index in [4.69, 9.17) is 0 Å². The molecule has 0 aliphatic carbocycles. The maximum Gasteiger partial charge on any atom is 0.343 e. The van der Waals surface area contributed by atoms with Gasteiger partial charge >= 0.3 is 11.9 Å². The molecule has 0 aliphatic heterocycles. The van der Waals surface area contributed by atoms with Crippen molar-refractivity contribution in [3.05, 3.63) is 23.5 Å². The first kappa shape index (κ1) is 17.7. The van der Waals surface area contributed by atoms with E-state index in [0.29, 0.717) is 0 Å². The van der Waals surface area contributed by atoms with Crippen LogP contribution in [0.25, 0.3) is 0 Å². The van der Waals surface area contributed by atoms with Crippen molar-refractivity contribution in [2.24, 2.45) is 0 Å². The molecule has 7 heteroatoms. The first-order valence-electron chi connectivity index (χ1n) is 5.72. The molecule has 0 amide bonds. The van der Waals surface area contributed by atoms with E-state index in [-0.39, 0.29) is 11.1 Å². The quantitative estimate of drug-likeness (QED) is 0.289. The van der Waals surface area contributed by atoms with Gasteiger partial charge in [-0.3, -0.25) is 4.79 Å². The number of carbonyl (C=O) groups excluding carboxylic acids is 3. The van der Waals surface area contributed by atoms with Crippen LogP contribution < -0.4 is 0 Å². The number of methoxy groups -OCH3 is 2. The normalized spacial score (nSPS) is 11.7. The molecule has 7 nitrogen and oxygen atoms in total. The van der Waals surface area contributed by atoms with Crippen molar-refractivity contribution in [1.82, 2.24) is 9.80 Å². The summed E-state index contributed by atoms with van der Waals surface area (Å²) in [6.07, 6.45) is 2.58. The molecule has 20 heavy (non-hydrogen) atoms. The third-order valence-electron chi connectivity index (χ3n) is 2.07. The van der Waals surface area contributed by atoms with Gasteiger partial charge in [0.05, 0.1) is 14.2 Å². The van der Waals surface area contributed by atoms with Crippen LogP contribution in [0.3, 0.4) is 0 Å². The van der Waals surface area contributed by atoms with Gasteiger partial charge in [-0.1, -0.05) is 0 Å². The minimum absolute atomic E-state index is 0.254. The summed E-state index contributed by atoms with van der Waals surface area (Å²) in [5.74, 6) is -2.40. The number of nitrogens with zero attached hydrogens (tertiary/aromatic N) is 2. The Bertz CT molecular complexity index is 410. The fourth-order valence-corrected chi connectivity index (χ4v) is 1.29. The van der Waals surface area contributed by atoms with Crippen LogP contribution in [-0.4, -0.2) is 69.9 Å². The zero-order valence-corrected chi connectivity index (χ0v) is 12.6. The lowest BCUT2D eigenvalue weighted by atomic mass is 10.0. The van der Waals surface area contributed by atoms with Crippen molar-refractivity contribution >= 4 is 17.7 Å². The molecule has 0 radical (unpaired) electrons. The number of hydrogen-bond acceptors (Lipinski definition) is 7. The fourth-order valence-electron chi connectivity index (χ4n) is 1.29. The lowest BCUT2D eigenvalue weighted by Gasteiger charge is -2.13. The number of ether oxygens (including phenoxy) is 2. The van der Waals surface area contributed by atoms with Crippen LogP contribution in [0.4, 0.5) is 0 Å². The van der Waals surface area contributed by atoms with Crippen molar-refractivity contribution in [3.8, 4) is 0 Å². The van der Waals surface area contributed by atoms with Crippen LogP contribution in [0.15, 0.2) is 23.5 Å². The third-order valence-corrected chi connectivity index (χ3v) is 2.07. The molecule has 0 saturated heterocycles. The molecule has 0 unspecified atom stereocenters. The lowest BCUT2D eigenvalue weighted by Crippen LogP contribution is -2.25. The molecule has 0 aromatic heterocycles. The lowest BCUT2D eigenvalue weighted by molar-refractivity contribution is -0.138. The zero-order chi connectivity index (χ0) is 15.9. The molecule has 0 saturated carbocycles. The largest absolute Gasteiger partial charge is 0.465 e. The summed E-state index contributed by atoms with van der Waals surface area (Å²) in [4.78, 5) is 38.7.